The first-order valence-corrected chi connectivity index (χ1v) is 2.93. The average molecular weight is 176 g/mol. The Labute approximate surface area is 87.7 Å². The predicted molar refractivity (Wildman–Crippen MR) is 44.5 cm³/mol. The molecule has 0 aliphatic heterocycles. The summed E-state index contributed by atoms with van der Waals surface area (Å²) in [5, 5.41) is 0. The zero-order valence-corrected chi connectivity index (χ0v) is 5.34. The zero-order chi connectivity index (χ0) is 7.84. The maximum atomic E-state index is 10.9. The first-order chi connectivity index (χ1) is 5.27. The molecule has 12 heavy (non-hydrogen) atoms. The van der Waals surface area contributed by atoms with Crippen LogP contribution in [0.15, 0.2) is 15.9 Å². The summed E-state index contributed by atoms with van der Waals surface area (Å²) in [5.41, 5.74) is -0.445. The summed E-state index contributed by atoms with van der Waals surface area (Å²) < 4.78 is 0. The van der Waals surface area contributed by atoms with Crippen molar-refractivity contribution in [2.45, 2.75) is 0 Å². The second-order valence-electron chi connectivity index (χ2n) is 2.03. The van der Waals surface area contributed by atoms with E-state index in [0.717, 1.165) is 0 Å². The van der Waals surface area contributed by atoms with Gasteiger partial charge in [0.15, 0.2) is 5.65 Å². The van der Waals surface area contributed by atoms with Gasteiger partial charge in [-0.3, -0.25) is 14.8 Å². The molecule has 0 amide bonds. The van der Waals surface area contributed by atoms with Crippen LogP contribution in [-0.4, -0.2) is 49.5 Å². The van der Waals surface area contributed by atoms with Gasteiger partial charge >= 0.3 is 35.2 Å². The SMILES string of the molecule is O=c1[nH]c(=O)c2[nH]cnc2[nH]1.[NaH]. The molecule has 0 saturated carbocycles. The molecule has 58 valence electrons. The minimum atomic E-state index is -0.547. The Balaban J connectivity index is 0.000000720. The second-order valence-corrected chi connectivity index (χ2v) is 2.03. The molecule has 0 fully saturated rings. The number of nitrogens with zero attached hydrogens (tertiary/aromatic N) is 1. The van der Waals surface area contributed by atoms with Crippen LogP contribution in [0.1, 0.15) is 0 Å². The van der Waals surface area contributed by atoms with Crippen molar-refractivity contribution in [1.29, 1.82) is 0 Å². The van der Waals surface area contributed by atoms with Gasteiger partial charge in [0.1, 0.15) is 5.52 Å². The third-order valence-electron chi connectivity index (χ3n) is 1.33. The van der Waals surface area contributed by atoms with E-state index in [1.54, 1.807) is 0 Å². The number of hydrogen-bond acceptors (Lipinski definition) is 3. The summed E-state index contributed by atoms with van der Waals surface area (Å²) in [6.07, 6.45) is 1.34. The van der Waals surface area contributed by atoms with Crippen LogP contribution in [0.2, 0.25) is 0 Å². The molecule has 0 spiro atoms. The van der Waals surface area contributed by atoms with E-state index >= 15 is 0 Å². The fourth-order valence-electron chi connectivity index (χ4n) is 0.867. The van der Waals surface area contributed by atoms with Crippen LogP contribution in [0.5, 0.6) is 0 Å². The van der Waals surface area contributed by atoms with Crippen LogP contribution in [0.25, 0.3) is 11.2 Å². The summed E-state index contributed by atoms with van der Waals surface area (Å²) >= 11 is 0. The Morgan fingerprint density at radius 2 is 2.00 bits per heavy atom. The molecule has 0 atom stereocenters. The summed E-state index contributed by atoms with van der Waals surface area (Å²) in [4.78, 5) is 32.3. The molecule has 2 aromatic heterocycles. The molecule has 0 unspecified atom stereocenters. The summed E-state index contributed by atoms with van der Waals surface area (Å²) in [6, 6.07) is 0. The number of fused-ring (bicyclic) bond motifs is 1. The number of aromatic nitrogens is 4. The number of rotatable bonds is 0. The van der Waals surface area contributed by atoms with Crippen LogP contribution >= 0.6 is 0 Å². The normalized spacial score (nSPS) is 9.67. The van der Waals surface area contributed by atoms with Crippen LogP contribution in [-0.2, 0) is 0 Å². The number of imidazole rings is 1. The van der Waals surface area contributed by atoms with E-state index in [1.165, 1.54) is 6.33 Å². The summed E-state index contributed by atoms with van der Waals surface area (Å²) in [5.74, 6) is 0. The third kappa shape index (κ3) is 1.36. The zero-order valence-electron chi connectivity index (χ0n) is 5.34. The molecule has 0 aromatic carbocycles. The van der Waals surface area contributed by atoms with Gasteiger partial charge in [0, 0.05) is 0 Å². The van der Waals surface area contributed by atoms with Gasteiger partial charge in [-0.15, -0.1) is 0 Å². The Kier molecular flexibility index (Phi) is 2.51. The van der Waals surface area contributed by atoms with Gasteiger partial charge in [0.05, 0.1) is 6.33 Å². The molecule has 0 radical (unpaired) electrons. The van der Waals surface area contributed by atoms with Crippen molar-refractivity contribution < 1.29 is 0 Å². The van der Waals surface area contributed by atoms with Gasteiger partial charge in [-0.25, -0.2) is 9.78 Å². The standard InChI is InChI=1S/C5H4N4O2.Na.H/c10-4-2-3(7-1-6-2)8-5(11)9-4;;/h1H,(H3,6,7,8,9,10,11);;. The molecule has 0 aliphatic rings. The summed E-state index contributed by atoms with van der Waals surface area (Å²) in [6.45, 7) is 0. The molecule has 2 heterocycles. The van der Waals surface area contributed by atoms with Crippen LogP contribution < -0.4 is 11.2 Å². The van der Waals surface area contributed by atoms with Crippen LogP contribution in [0.4, 0.5) is 0 Å². The Morgan fingerprint density at radius 3 is 2.75 bits per heavy atom. The quantitative estimate of drug-likeness (QED) is 0.417. The van der Waals surface area contributed by atoms with Crippen molar-refractivity contribution in [3.05, 3.63) is 27.2 Å². The molecule has 2 aromatic rings. The molecular formula is C5H5N4NaO2. The minimum absolute atomic E-state index is 0. The molecular weight excluding hydrogens is 171 g/mol. The fourth-order valence-corrected chi connectivity index (χ4v) is 0.867. The van der Waals surface area contributed by atoms with Crippen molar-refractivity contribution in [2.75, 3.05) is 0 Å². The van der Waals surface area contributed by atoms with Gasteiger partial charge in [-0.2, -0.15) is 0 Å². The van der Waals surface area contributed by atoms with E-state index in [9.17, 15) is 9.59 Å². The Morgan fingerprint density at radius 1 is 1.25 bits per heavy atom. The number of nitrogens with one attached hydrogen (secondary N) is 3. The topological polar surface area (TPSA) is 94.4 Å². The average Bonchev–Trinajstić information content (AvgIpc) is 2.34. The number of hydrogen-bond donors (Lipinski definition) is 3. The van der Waals surface area contributed by atoms with E-state index in [2.05, 4.69) is 19.9 Å². The van der Waals surface area contributed by atoms with Gasteiger partial charge in [-0.05, 0) is 0 Å². The maximum absolute atomic E-state index is 10.9. The van der Waals surface area contributed by atoms with E-state index in [-0.39, 0.29) is 40.7 Å². The first-order valence-electron chi connectivity index (χ1n) is 2.93. The monoisotopic (exact) mass is 176 g/mol. The first kappa shape index (κ1) is 9.24. The van der Waals surface area contributed by atoms with Crippen molar-refractivity contribution in [3.63, 3.8) is 0 Å². The number of H-pyrrole nitrogens is 3. The van der Waals surface area contributed by atoms with Crippen LogP contribution in [0.3, 0.4) is 0 Å². The van der Waals surface area contributed by atoms with Crippen molar-refractivity contribution in [3.8, 4) is 0 Å². The third-order valence-corrected chi connectivity index (χ3v) is 1.33. The van der Waals surface area contributed by atoms with Crippen molar-refractivity contribution in [2.24, 2.45) is 0 Å². The Bertz CT molecular complexity index is 496. The van der Waals surface area contributed by atoms with E-state index in [0.29, 0.717) is 0 Å². The second kappa shape index (κ2) is 3.26. The molecule has 7 heteroatoms. The van der Waals surface area contributed by atoms with Gasteiger partial charge in [-0.1, -0.05) is 0 Å². The molecule has 3 N–H and O–H groups in total. The van der Waals surface area contributed by atoms with E-state index < -0.39 is 11.2 Å². The van der Waals surface area contributed by atoms with Gasteiger partial charge in [0.2, 0.25) is 0 Å². The van der Waals surface area contributed by atoms with E-state index in [1.807, 2.05) is 0 Å². The van der Waals surface area contributed by atoms with E-state index in [4.69, 9.17) is 0 Å². The molecule has 0 saturated heterocycles. The van der Waals surface area contributed by atoms with Gasteiger partial charge in [0.25, 0.3) is 5.56 Å². The van der Waals surface area contributed by atoms with Crippen molar-refractivity contribution >= 4 is 40.7 Å². The van der Waals surface area contributed by atoms with Crippen LogP contribution in [0, 0.1) is 0 Å². The molecule has 0 aliphatic carbocycles. The summed E-state index contributed by atoms with van der Waals surface area (Å²) in [7, 11) is 0. The van der Waals surface area contributed by atoms with Crippen molar-refractivity contribution in [1.82, 2.24) is 19.9 Å². The molecule has 2 rings (SSSR count). The molecule has 6 nitrogen and oxygen atoms in total. The molecule has 0 bridgehead atoms. The fraction of sp³-hybridized carbons (Fsp3) is 0. The number of aromatic amines is 3. The van der Waals surface area contributed by atoms with Gasteiger partial charge < -0.3 is 4.98 Å². The Hall–Kier alpha value is -0.850. The predicted octanol–water partition coefficient (Wildman–Crippen LogP) is -1.71.